The summed E-state index contributed by atoms with van der Waals surface area (Å²) >= 11 is 6.00. The molecule has 136 valence electrons. The van der Waals surface area contributed by atoms with Gasteiger partial charge in [-0.15, -0.1) is 12.4 Å². The van der Waals surface area contributed by atoms with Crippen LogP contribution < -0.4 is 5.32 Å². The molecule has 7 heteroatoms. The summed E-state index contributed by atoms with van der Waals surface area (Å²) < 4.78 is 0. The van der Waals surface area contributed by atoms with E-state index in [0.29, 0.717) is 6.04 Å². The molecule has 5 nitrogen and oxygen atoms in total. The van der Waals surface area contributed by atoms with Crippen molar-refractivity contribution in [3.05, 3.63) is 41.0 Å². The third-order valence-electron chi connectivity index (χ3n) is 5.16. The minimum absolute atomic E-state index is 0. The maximum absolute atomic E-state index is 6.00. The summed E-state index contributed by atoms with van der Waals surface area (Å²) in [6.07, 6.45) is 3.23. The number of rotatable bonds is 4. The van der Waals surface area contributed by atoms with Gasteiger partial charge in [-0.3, -0.25) is 14.9 Å². The molecule has 2 aromatic rings. The van der Waals surface area contributed by atoms with Gasteiger partial charge in [-0.25, -0.2) is 0 Å². The zero-order chi connectivity index (χ0) is 16.4. The molecular weight excluding hydrogens is 357 g/mol. The highest BCUT2D eigenvalue weighted by molar-refractivity contribution is 6.30. The van der Waals surface area contributed by atoms with E-state index in [0.717, 1.165) is 42.5 Å². The minimum Gasteiger partial charge on any atom is -0.314 e. The number of likely N-dealkylation sites (tertiary alicyclic amines) is 1. The van der Waals surface area contributed by atoms with Crippen molar-refractivity contribution in [1.29, 1.82) is 0 Å². The molecule has 2 aliphatic heterocycles. The number of nitrogens with one attached hydrogen (secondary N) is 2. The lowest BCUT2D eigenvalue weighted by atomic mass is 10.1. The van der Waals surface area contributed by atoms with Crippen molar-refractivity contribution in [1.82, 2.24) is 25.3 Å². The van der Waals surface area contributed by atoms with Crippen LogP contribution in [0.15, 0.2) is 30.5 Å². The maximum Gasteiger partial charge on any atom is 0.0695 e. The third kappa shape index (κ3) is 4.36. The molecule has 2 saturated heterocycles. The standard InChI is InChI=1S/C18H24ClN5.ClH/c19-16-3-1-14(2-4-16)18-15(11-21-22-18)12-23-8-5-17(13-23)24-9-6-20-7-10-24;/h1-4,11,17,20H,5-10,12-13H2,(H,21,22);1H. The van der Waals surface area contributed by atoms with Gasteiger partial charge in [0.2, 0.25) is 0 Å². The molecule has 2 N–H and O–H groups in total. The number of nitrogens with zero attached hydrogens (tertiary/aromatic N) is 3. The number of hydrogen-bond donors (Lipinski definition) is 2. The van der Waals surface area contributed by atoms with Crippen molar-refractivity contribution in [2.75, 3.05) is 39.3 Å². The third-order valence-corrected chi connectivity index (χ3v) is 5.41. The van der Waals surface area contributed by atoms with Gasteiger partial charge in [0.15, 0.2) is 0 Å². The Morgan fingerprint density at radius 2 is 1.88 bits per heavy atom. The van der Waals surface area contributed by atoms with Crippen molar-refractivity contribution in [2.45, 2.75) is 19.0 Å². The second-order valence-electron chi connectivity index (χ2n) is 6.74. The van der Waals surface area contributed by atoms with Gasteiger partial charge in [-0.05, 0) is 24.1 Å². The fourth-order valence-electron chi connectivity index (χ4n) is 3.84. The lowest BCUT2D eigenvalue weighted by molar-refractivity contribution is 0.170. The molecule has 2 fully saturated rings. The number of aromatic amines is 1. The van der Waals surface area contributed by atoms with Gasteiger partial charge in [0.25, 0.3) is 0 Å². The number of H-pyrrole nitrogens is 1. The van der Waals surface area contributed by atoms with E-state index in [1.54, 1.807) is 0 Å². The van der Waals surface area contributed by atoms with E-state index >= 15 is 0 Å². The second-order valence-corrected chi connectivity index (χ2v) is 7.18. The molecule has 1 unspecified atom stereocenters. The van der Waals surface area contributed by atoms with E-state index in [-0.39, 0.29) is 12.4 Å². The molecule has 2 aliphatic rings. The highest BCUT2D eigenvalue weighted by atomic mass is 35.5. The normalized spacial score (nSPS) is 22.0. The lowest BCUT2D eigenvalue weighted by Crippen LogP contribution is -2.49. The molecule has 0 radical (unpaired) electrons. The van der Waals surface area contributed by atoms with E-state index in [2.05, 4.69) is 25.3 Å². The molecular formula is C18H25Cl2N5. The van der Waals surface area contributed by atoms with Gasteiger partial charge < -0.3 is 5.32 Å². The number of piperazine rings is 1. The van der Waals surface area contributed by atoms with Gasteiger partial charge in [0.1, 0.15) is 0 Å². The predicted molar refractivity (Wildman–Crippen MR) is 104 cm³/mol. The quantitative estimate of drug-likeness (QED) is 0.854. The van der Waals surface area contributed by atoms with Crippen LogP contribution in [0.3, 0.4) is 0 Å². The summed E-state index contributed by atoms with van der Waals surface area (Å²) in [4.78, 5) is 5.20. The maximum atomic E-state index is 6.00. The molecule has 1 atom stereocenters. The van der Waals surface area contributed by atoms with Crippen LogP contribution >= 0.6 is 24.0 Å². The van der Waals surface area contributed by atoms with Gasteiger partial charge in [0.05, 0.1) is 11.9 Å². The second kappa shape index (κ2) is 8.52. The summed E-state index contributed by atoms with van der Waals surface area (Å²) in [6.45, 7) is 7.89. The zero-order valence-corrected chi connectivity index (χ0v) is 15.8. The fraction of sp³-hybridized carbons (Fsp3) is 0.500. The molecule has 4 rings (SSSR count). The summed E-state index contributed by atoms with van der Waals surface area (Å²) in [7, 11) is 0. The summed E-state index contributed by atoms with van der Waals surface area (Å²) in [5.41, 5.74) is 3.51. The lowest BCUT2D eigenvalue weighted by Gasteiger charge is -2.32. The van der Waals surface area contributed by atoms with Gasteiger partial charge in [-0.1, -0.05) is 23.7 Å². The Bertz CT molecular complexity index is 666. The summed E-state index contributed by atoms with van der Waals surface area (Å²) in [5.74, 6) is 0. The zero-order valence-electron chi connectivity index (χ0n) is 14.2. The smallest absolute Gasteiger partial charge is 0.0695 e. The van der Waals surface area contributed by atoms with E-state index < -0.39 is 0 Å². The van der Waals surface area contributed by atoms with E-state index in [9.17, 15) is 0 Å². The average molecular weight is 382 g/mol. The Hall–Kier alpha value is -1.11. The van der Waals surface area contributed by atoms with Crippen molar-refractivity contribution in [3.8, 4) is 11.3 Å². The van der Waals surface area contributed by atoms with Crippen molar-refractivity contribution in [2.24, 2.45) is 0 Å². The van der Waals surface area contributed by atoms with Gasteiger partial charge in [0, 0.05) is 62.4 Å². The molecule has 25 heavy (non-hydrogen) atoms. The van der Waals surface area contributed by atoms with Crippen molar-refractivity contribution < 1.29 is 0 Å². The number of hydrogen-bond acceptors (Lipinski definition) is 4. The fourth-order valence-corrected chi connectivity index (χ4v) is 3.97. The SMILES string of the molecule is Cl.Clc1ccc(-c2[nH]ncc2CN2CCC(N3CCNCC3)C2)cc1. The van der Waals surface area contributed by atoms with E-state index in [4.69, 9.17) is 11.6 Å². The summed E-state index contributed by atoms with van der Waals surface area (Å²) in [6, 6.07) is 8.66. The molecule has 0 aliphatic carbocycles. The van der Waals surface area contributed by atoms with Crippen LogP contribution in [0.1, 0.15) is 12.0 Å². The van der Waals surface area contributed by atoms with Crippen LogP contribution in [0.5, 0.6) is 0 Å². The van der Waals surface area contributed by atoms with Gasteiger partial charge >= 0.3 is 0 Å². The van der Waals surface area contributed by atoms with Gasteiger partial charge in [-0.2, -0.15) is 5.10 Å². The van der Waals surface area contributed by atoms with E-state index in [1.165, 1.54) is 31.6 Å². The first kappa shape index (κ1) is 18.7. The Balaban J connectivity index is 0.00000182. The van der Waals surface area contributed by atoms with Crippen LogP contribution in [0.2, 0.25) is 5.02 Å². The largest absolute Gasteiger partial charge is 0.314 e. The van der Waals surface area contributed by atoms with Crippen molar-refractivity contribution >= 4 is 24.0 Å². The van der Waals surface area contributed by atoms with Crippen LogP contribution in [0, 0.1) is 0 Å². The van der Waals surface area contributed by atoms with Crippen molar-refractivity contribution in [3.63, 3.8) is 0 Å². The monoisotopic (exact) mass is 381 g/mol. The minimum atomic E-state index is 0. The Morgan fingerprint density at radius 1 is 1.12 bits per heavy atom. The molecule has 0 spiro atoms. The molecule has 1 aromatic heterocycles. The first-order valence-electron chi connectivity index (χ1n) is 8.75. The first-order chi connectivity index (χ1) is 11.8. The number of aromatic nitrogens is 2. The predicted octanol–water partition coefficient (Wildman–Crippen LogP) is 2.63. The Kier molecular flexibility index (Phi) is 6.36. The number of halogens is 2. The average Bonchev–Trinajstić information content (AvgIpc) is 3.27. The first-order valence-corrected chi connectivity index (χ1v) is 9.13. The Labute approximate surface area is 160 Å². The highest BCUT2D eigenvalue weighted by Gasteiger charge is 2.28. The van der Waals surface area contributed by atoms with Crippen LogP contribution in [-0.2, 0) is 6.54 Å². The van der Waals surface area contributed by atoms with Crippen LogP contribution in [0.25, 0.3) is 11.3 Å². The summed E-state index contributed by atoms with van der Waals surface area (Å²) in [5, 5.41) is 11.6. The molecule has 0 bridgehead atoms. The highest BCUT2D eigenvalue weighted by Crippen LogP contribution is 2.26. The van der Waals surface area contributed by atoms with Crippen LogP contribution in [-0.4, -0.2) is 65.3 Å². The molecule has 3 heterocycles. The van der Waals surface area contributed by atoms with E-state index in [1.807, 2.05) is 30.5 Å². The molecule has 0 amide bonds. The molecule has 1 aromatic carbocycles. The molecule has 0 saturated carbocycles. The number of benzene rings is 1. The topological polar surface area (TPSA) is 47.2 Å². The van der Waals surface area contributed by atoms with Crippen LogP contribution in [0.4, 0.5) is 0 Å². The Morgan fingerprint density at radius 3 is 2.64 bits per heavy atom.